The van der Waals surface area contributed by atoms with Crippen molar-refractivity contribution in [2.24, 2.45) is 23.7 Å². The predicted molar refractivity (Wildman–Crippen MR) is 117 cm³/mol. The van der Waals surface area contributed by atoms with E-state index in [1.165, 1.54) is 18.1 Å². The number of carbonyl (C=O) groups is 1. The van der Waals surface area contributed by atoms with Crippen molar-refractivity contribution in [2.75, 3.05) is 13.1 Å². The first kappa shape index (κ1) is 21.6. The molecule has 0 amide bonds. The first-order valence-electron chi connectivity index (χ1n) is 11.4. The lowest BCUT2D eigenvalue weighted by molar-refractivity contribution is -0.148. The topological polar surface area (TPSA) is 49.8 Å². The molecule has 4 rings (SSSR count). The molecule has 4 heteroatoms. The molecule has 6 atom stereocenters. The number of benzene rings is 1. The van der Waals surface area contributed by atoms with Gasteiger partial charge in [0.05, 0.1) is 12.0 Å². The maximum absolute atomic E-state index is 11.7. The Morgan fingerprint density at radius 3 is 2.80 bits per heavy atom. The number of aliphatic hydroxyl groups is 1. The molecule has 2 aliphatic carbocycles. The van der Waals surface area contributed by atoms with E-state index >= 15 is 0 Å². The summed E-state index contributed by atoms with van der Waals surface area (Å²) < 4.78 is 5.43. The number of nitrogens with zero attached hydrogens (tertiary/aromatic N) is 1. The summed E-state index contributed by atoms with van der Waals surface area (Å²) in [4.78, 5) is 14.1. The molecule has 30 heavy (non-hydrogen) atoms. The molecule has 1 fully saturated rings. The average Bonchev–Trinajstić information content (AvgIpc) is 2.70. The van der Waals surface area contributed by atoms with Gasteiger partial charge in [-0.3, -0.25) is 9.69 Å². The quantitative estimate of drug-likeness (QED) is 0.602. The van der Waals surface area contributed by atoms with E-state index in [1.54, 1.807) is 0 Å². The van der Waals surface area contributed by atoms with Crippen LogP contribution in [0, 0.1) is 30.1 Å². The first-order valence-corrected chi connectivity index (χ1v) is 11.4. The van der Waals surface area contributed by atoms with Crippen molar-refractivity contribution < 1.29 is 14.6 Å². The summed E-state index contributed by atoms with van der Waals surface area (Å²) in [6.07, 6.45) is 8.12. The maximum Gasteiger partial charge on any atom is 0.303 e. The van der Waals surface area contributed by atoms with E-state index < -0.39 is 11.7 Å². The number of fused-ring (bicyclic) bond motifs is 2. The van der Waals surface area contributed by atoms with Crippen LogP contribution in [0.5, 0.6) is 0 Å². The van der Waals surface area contributed by atoms with Crippen LogP contribution in [0.25, 0.3) is 0 Å². The largest absolute Gasteiger partial charge is 0.457 e. The van der Waals surface area contributed by atoms with Crippen molar-refractivity contribution in [2.45, 2.75) is 65.2 Å². The second-order valence-corrected chi connectivity index (χ2v) is 9.77. The third kappa shape index (κ3) is 4.09. The summed E-state index contributed by atoms with van der Waals surface area (Å²) in [6.45, 7) is 11.0. The van der Waals surface area contributed by atoms with Gasteiger partial charge in [-0.05, 0) is 60.6 Å². The van der Waals surface area contributed by atoms with E-state index in [9.17, 15) is 9.90 Å². The molecule has 1 N–H and O–H groups in total. The van der Waals surface area contributed by atoms with Crippen molar-refractivity contribution in [3.8, 4) is 0 Å². The van der Waals surface area contributed by atoms with Crippen LogP contribution in [-0.2, 0) is 22.5 Å². The fourth-order valence-corrected chi connectivity index (χ4v) is 5.86. The van der Waals surface area contributed by atoms with Crippen molar-refractivity contribution >= 4 is 5.97 Å². The number of hydrogen-bond donors (Lipinski definition) is 1. The third-order valence-electron chi connectivity index (χ3n) is 7.64. The monoisotopic (exact) mass is 409 g/mol. The van der Waals surface area contributed by atoms with Crippen molar-refractivity contribution in [3.63, 3.8) is 0 Å². The molecule has 1 aliphatic heterocycles. The molecule has 2 radical (unpaired) electrons. The molecule has 1 heterocycles. The van der Waals surface area contributed by atoms with Gasteiger partial charge in [-0.15, -0.1) is 0 Å². The summed E-state index contributed by atoms with van der Waals surface area (Å²) in [7, 11) is 0. The summed E-state index contributed by atoms with van der Waals surface area (Å²) in [5.41, 5.74) is 2.88. The highest BCUT2D eigenvalue weighted by Crippen LogP contribution is 2.51. The van der Waals surface area contributed by atoms with Gasteiger partial charge in [0.2, 0.25) is 0 Å². The van der Waals surface area contributed by atoms with E-state index in [2.05, 4.69) is 55.5 Å². The minimum Gasteiger partial charge on any atom is -0.457 e. The van der Waals surface area contributed by atoms with Gasteiger partial charge >= 0.3 is 5.97 Å². The van der Waals surface area contributed by atoms with E-state index in [-0.39, 0.29) is 17.8 Å². The fourth-order valence-electron chi connectivity index (χ4n) is 5.86. The minimum atomic E-state index is -1.04. The van der Waals surface area contributed by atoms with E-state index in [0.29, 0.717) is 11.8 Å². The number of rotatable bonds is 4. The van der Waals surface area contributed by atoms with Crippen LogP contribution in [0.3, 0.4) is 0 Å². The Balaban J connectivity index is 1.50. The summed E-state index contributed by atoms with van der Waals surface area (Å²) in [5.74, 6) is 0.663. The predicted octanol–water partition coefficient (Wildman–Crippen LogP) is 4.05. The molecule has 1 aromatic carbocycles. The molecule has 1 aromatic rings. The van der Waals surface area contributed by atoms with Crippen molar-refractivity contribution in [1.29, 1.82) is 0 Å². The van der Waals surface area contributed by atoms with Gasteiger partial charge < -0.3 is 9.84 Å². The van der Waals surface area contributed by atoms with Crippen LogP contribution in [0.4, 0.5) is 0 Å². The van der Waals surface area contributed by atoms with Gasteiger partial charge in [0, 0.05) is 32.5 Å². The lowest BCUT2D eigenvalue weighted by Crippen LogP contribution is -2.56. The highest BCUT2D eigenvalue weighted by atomic mass is 16.5. The Morgan fingerprint density at radius 1 is 1.33 bits per heavy atom. The number of hydrogen-bond acceptors (Lipinski definition) is 4. The molecule has 0 spiro atoms. The lowest BCUT2D eigenvalue weighted by atomic mass is 9.57. The Bertz CT molecular complexity index is 818. The standard InChI is InChI=1S/C26H35NO3/c1-17-13-24-23(10-9-19(3)26(24,29)14-25(17)30-20(4)28)18(2)15-27-12-11-21-7-5-6-8-22(21)16-27/h5-8,13,18-19,23-25,29H,9-12,15-16H2,1-4H3/t18-,19-,23+,24-,25-,26-/m1/s1. The normalized spacial score (nSPS) is 35.0. The Hall–Kier alpha value is -1.65. The zero-order valence-corrected chi connectivity index (χ0v) is 18.7. The molecule has 1 saturated carbocycles. The van der Waals surface area contributed by atoms with E-state index in [1.807, 2.05) is 6.92 Å². The first-order chi connectivity index (χ1) is 14.3. The number of carbonyl (C=O) groups excluding carboxylic acids is 1. The number of ether oxygens (including phenoxy) is 1. The van der Waals surface area contributed by atoms with Crippen LogP contribution in [0.15, 0.2) is 35.9 Å². The zero-order valence-electron chi connectivity index (χ0n) is 18.7. The van der Waals surface area contributed by atoms with Gasteiger partial charge in [0.15, 0.2) is 0 Å². The van der Waals surface area contributed by atoms with E-state index in [0.717, 1.165) is 44.5 Å². The minimum absolute atomic E-state index is 0.0279. The summed E-state index contributed by atoms with van der Waals surface area (Å²) in [5, 5.41) is 11.7. The molecule has 0 saturated heterocycles. The molecule has 162 valence electrons. The highest BCUT2D eigenvalue weighted by molar-refractivity contribution is 5.66. The Morgan fingerprint density at radius 2 is 2.07 bits per heavy atom. The fraction of sp³-hybridized carbons (Fsp3) is 0.615. The third-order valence-corrected chi connectivity index (χ3v) is 7.64. The van der Waals surface area contributed by atoms with Crippen LogP contribution in [0.1, 0.15) is 51.7 Å². The molecule has 3 aliphatic rings. The van der Waals surface area contributed by atoms with Crippen LogP contribution in [-0.4, -0.2) is 40.8 Å². The van der Waals surface area contributed by atoms with Crippen molar-refractivity contribution in [1.82, 2.24) is 4.90 Å². The molecule has 0 aromatic heterocycles. The second-order valence-electron chi connectivity index (χ2n) is 9.77. The SMILES string of the molecule is CC(=O)O[C@@H]1[C][C@@]2(O)[C@H](C)CC[C@@H]([C@H](C)CN3CCc4ccccc4C3)[C@H]2C=C1C. The Labute approximate surface area is 181 Å². The van der Waals surface area contributed by atoms with Crippen LogP contribution < -0.4 is 0 Å². The molecular formula is C26H35NO3. The molecule has 0 bridgehead atoms. The van der Waals surface area contributed by atoms with Gasteiger partial charge in [0.1, 0.15) is 6.10 Å². The number of esters is 1. The Kier molecular flexibility index (Phi) is 6.09. The van der Waals surface area contributed by atoms with E-state index in [4.69, 9.17) is 4.74 Å². The van der Waals surface area contributed by atoms with Gasteiger partial charge in [-0.1, -0.05) is 44.2 Å². The molecule has 4 nitrogen and oxygen atoms in total. The van der Waals surface area contributed by atoms with Crippen LogP contribution >= 0.6 is 0 Å². The summed E-state index contributed by atoms with van der Waals surface area (Å²) in [6, 6.07) is 8.77. The second kappa shape index (κ2) is 8.47. The van der Waals surface area contributed by atoms with Crippen LogP contribution in [0.2, 0.25) is 0 Å². The van der Waals surface area contributed by atoms with Gasteiger partial charge in [-0.25, -0.2) is 0 Å². The van der Waals surface area contributed by atoms with Gasteiger partial charge in [0.25, 0.3) is 0 Å². The zero-order chi connectivity index (χ0) is 21.5. The molecule has 0 unspecified atom stereocenters. The highest BCUT2D eigenvalue weighted by Gasteiger charge is 2.53. The summed E-state index contributed by atoms with van der Waals surface area (Å²) >= 11 is 0. The molecular weight excluding hydrogens is 374 g/mol. The average molecular weight is 410 g/mol. The van der Waals surface area contributed by atoms with Crippen molar-refractivity contribution in [3.05, 3.63) is 53.5 Å². The lowest BCUT2D eigenvalue weighted by Gasteiger charge is -2.52. The van der Waals surface area contributed by atoms with Gasteiger partial charge in [-0.2, -0.15) is 0 Å². The maximum atomic E-state index is 11.7. The smallest absolute Gasteiger partial charge is 0.303 e.